The van der Waals surface area contributed by atoms with Crippen molar-refractivity contribution >= 4 is 5.78 Å². The van der Waals surface area contributed by atoms with E-state index in [0.717, 1.165) is 25.1 Å². The van der Waals surface area contributed by atoms with Crippen molar-refractivity contribution in [3.05, 3.63) is 35.4 Å². The average Bonchev–Trinajstić information content (AvgIpc) is 3.04. The van der Waals surface area contributed by atoms with Crippen LogP contribution >= 0.6 is 0 Å². The van der Waals surface area contributed by atoms with Gasteiger partial charge in [0.2, 0.25) is 5.78 Å². The average molecular weight is 260 g/mol. The van der Waals surface area contributed by atoms with Crippen molar-refractivity contribution in [3.63, 3.8) is 0 Å². The van der Waals surface area contributed by atoms with Gasteiger partial charge in [0.15, 0.2) is 0 Å². The third-order valence-electron chi connectivity index (χ3n) is 3.11. The Hall–Kier alpha value is -1.91. The molecule has 0 bridgehead atoms. The zero-order chi connectivity index (χ0) is 13.8. The monoisotopic (exact) mass is 260 g/mol. The fraction of sp³-hybridized carbons (Fsp3) is 0.500. The first-order valence-corrected chi connectivity index (χ1v) is 6.84. The summed E-state index contributed by atoms with van der Waals surface area (Å²) in [4.78, 5) is 12.6. The van der Waals surface area contributed by atoms with Gasteiger partial charge in [0.05, 0.1) is 5.69 Å². The summed E-state index contributed by atoms with van der Waals surface area (Å²) in [6.45, 7) is 7.56. The summed E-state index contributed by atoms with van der Waals surface area (Å²) >= 11 is 0. The number of carbonyl (C=O) groups is 1. The second-order valence-electron chi connectivity index (χ2n) is 4.46. The fourth-order valence-corrected chi connectivity index (χ4v) is 2.11. The van der Waals surface area contributed by atoms with Gasteiger partial charge >= 0.3 is 0 Å². The minimum atomic E-state index is 0.000000000000000222. The maximum atomic E-state index is 12.6. The maximum absolute atomic E-state index is 12.6. The number of hydrogen-bond acceptors (Lipinski definition) is 3. The Morgan fingerprint density at radius 1 is 1.21 bits per heavy atom. The molecule has 5 nitrogen and oxygen atoms in total. The molecule has 2 aromatic rings. The smallest absolute Gasteiger partial charge is 0.229 e. The Labute approximate surface area is 113 Å². The summed E-state index contributed by atoms with van der Waals surface area (Å²) in [5.74, 6) is 0.000000000000000222. The highest BCUT2D eigenvalue weighted by Crippen LogP contribution is 2.12. The van der Waals surface area contributed by atoms with Crippen LogP contribution in [0.3, 0.4) is 0 Å². The molecule has 0 unspecified atom stereocenters. The molecule has 5 heteroatoms. The van der Waals surface area contributed by atoms with Crippen LogP contribution in [0.4, 0.5) is 0 Å². The number of nitrogens with zero attached hydrogens (tertiary/aromatic N) is 4. The van der Waals surface area contributed by atoms with Crippen LogP contribution in [0.15, 0.2) is 18.3 Å². The molecule has 0 aliphatic heterocycles. The van der Waals surface area contributed by atoms with E-state index in [1.54, 1.807) is 21.6 Å². The lowest BCUT2D eigenvalue weighted by Gasteiger charge is -2.06. The standard InChI is InChI=1S/C14H20N4O/c1-4-9-18-12(7-8-15-18)14(19)13-10-11(5-2)16-17(13)6-3/h7-8,10H,4-6,9H2,1-3H3. The topological polar surface area (TPSA) is 52.7 Å². The second kappa shape index (κ2) is 5.82. The number of aromatic nitrogens is 4. The number of hydrogen-bond donors (Lipinski definition) is 0. The molecular weight excluding hydrogens is 240 g/mol. The molecule has 0 aromatic carbocycles. The highest BCUT2D eigenvalue weighted by atomic mass is 16.1. The van der Waals surface area contributed by atoms with E-state index in [0.29, 0.717) is 17.9 Å². The molecule has 19 heavy (non-hydrogen) atoms. The molecule has 0 atom stereocenters. The molecule has 0 fully saturated rings. The first-order valence-electron chi connectivity index (χ1n) is 6.84. The predicted octanol–water partition coefficient (Wildman–Crippen LogP) is 2.30. The number of rotatable bonds is 6. The van der Waals surface area contributed by atoms with Gasteiger partial charge in [-0.2, -0.15) is 10.2 Å². The van der Waals surface area contributed by atoms with Gasteiger partial charge in [0.1, 0.15) is 11.4 Å². The predicted molar refractivity (Wildman–Crippen MR) is 73.2 cm³/mol. The van der Waals surface area contributed by atoms with Gasteiger partial charge in [-0.25, -0.2) is 0 Å². The molecule has 0 N–H and O–H groups in total. The van der Waals surface area contributed by atoms with Crippen molar-refractivity contribution in [1.29, 1.82) is 0 Å². The summed E-state index contributed by atoms with van der Waals surface area (Å²) in [7, 11) is 0. The van der Waals surface area contributed by atoms with Crippen LogP contribution in [0.25, 0.3) is 0 Å². The van der Waals surface area contributed by atoms with Crippen LogP contribution in [0.5, 0.6) is 0 Å². The minimum absolute atomic E-state index is 0.000000000000000222. The summed E-state index contributed by atoms with van der Waals surface area (Å²) in [6.07, 6.45) is 3.47. The Bertz CT molecular complexity index is 568. The SMILES string of the molecule is CCCn1nccc1C(=O)c1cc(CC)nn1CC. The summed E-state index contributed by atoms with van der Waals surface area (Å²) in [5, 5.41) is 8.62. The van der Waals surface area contributed by atoms with E-state index in [1.807, 2.05) is 19.9 Å². The molecular formula is C14H20N4O. The zero-order valence-corrected chi connectivity index (χ0v) is 11.8. The van der Waals surface area contributed by atoms with E-state index in [9.17, 15) is 4.79 Å². The third-order valence-corrected chi connectivity index (χ3v) is 3.11. The number of aryl methyl sites for hydroxylation is 3. The van der Waals surface area contributed by atoms with E-state index in [4.69, 9.17) is 0 Å². The molecule has 0 aliphatic carbocycles. The van der Waals surface area contributed by atoms with Crippen molar-refractivity contribution in [2.75, 3.05) is 0 Å². The highest BCUT2D eigenvalue weighted by molar-refractivity contribution is 6.06. The molecule has 2 aromatic heterocycles. The Morgan fingerprint density at radius 3 is 2.63 bits per heavy atom. The van der Waals surface area contributed by atoms with Gasteiger partial charge < -0.3 is 0 Å². The molecule has 0 saturated carbocycles. The Morgan fingerprint density at radius 2 is 2.00 bits per heavy atom. The van der Waals surface area contributed by atoms with Gasteiger partial charge in [-0.1, -0.05) is 13.8 Å². The van der Waals surface area contributed by atoms with Crippen LogP contribution in [-0.4, -0.2) is 25.3 Å². The van der Waals surface area contributed by atoms with E-state index >= 15 is 0 Å². The zero-order valence-electron chi connectivity index (χ0n) is 11.8. The first kappa shape index (κ1) is 13.5. The molecule has 0 radical (unpaired) electrons. The van der Waals surface area contributed by atoms with Crippen LogP contribution in [0, 0.1) is 0 Å². The van der Waals surface area contributed by atoms with E-state index in [2.05, 4.69) is 17.1 Å². The molecule has 0 saturated heterocycles. The number of carbonyl (C=O) groups excluding carboxylic acids is 1. The lowest BCUT2D eigenvalue weighted by Crippen LogP contribution is -2.15. The molecule has 0 aliphatic rings. The summed E-state index contributed by atoms with van der Waals surface area (Å²) in [6, 6.07) is 3.66. The van der Waals surface area contributed by atoms with E-state index in [1.165, 1.54) is 0 Å². The first-order chi connectivity index (χ1) is 9.21. The fourth-order valence-electron chi connectivity index (χ4n) is 2.11. The number of ketones is 1. The van der Waals surface area contributed by atoms with Crippen LogP contribution in [0.1, 0.15) is 49.1 Å². The highest BCUT2D eigenvalue weighted by Gasteiger charge is 2.19. The normalized spacial score (nSPS) is 10.9. The van der Waals surface area contributed by atoms with Crippen LogP contribution < -0.4 is 0 Å². The Balaban J connectivity index is 2.37. The van der Waals surface area contributed by atoms with Crippen LogP contribution in [-0.2, 0) is 19.5 Å². The molecule has 102 valence electrons. The van der Waals surface area contributed by atoms with Gasteiger partial charge in [-0.05, 0) is 31.9 Å². The molecule has 2 heterocycles. The minimum Gasteiger partial charge on any atom is -0.285 e. The van der Waals surface area contributed by atoms with Crippen molar-refractivity contribution in [1.82, 2.24) is 19.6 Å². The second-order valence-corrected chi connectivity index (χ2v) is 4.46. The van der Waals surface area contributed by atoms with Crippen molar-refractivity contribution in [2.24, 2.45) is 0 Å². The van der Waals surface area contributed by atoms with E-state index < -0.39 is 0 Å². The summed E-state index contributed by atoms with van der Waals surface area (Å²) < 4.78 is 3.53. The van der Waals surface area contributed by atoms with Crippen molar-refractivity contribution in [3.8, 4) is 0 Å². The van der Waals surface area contributed by atoms with Crippen molar-refractivity contribution < 1.29 is 4.79 Å². The van der Waals surface area contributed by atoms with Gasteiger partial charge in [-0.15, -0.1) is 0 Å². The lowest BCUT2D eigenvalue weighted by molar-refractivity contribution is 0.101. The molecule has 0 amide bonds. The van der Waals surface area contributed by atoms with E-state index in [-0.39, 0.29) is 5.78 Å². The summed E-state index contributed by atoms with van der Waals surface area (Å²) in [5.41, 5.74) is 2.24. The quantitative estimate of drug-likeness (QED) is 0.749. The van der Waals surface area contributed by atoms with Gasteiger partial charge in [0, 0.05) is 19.3 Å². The van der Waals surface area contributed by atoms with Gasteiger partial charge in [0.25, 0.3) is 0 Å². The molecule has 2 rings (SSSR count). The molecule has 0 spiro atoms. The lowest BCUT2D eigenvalue weighted by atomic mass is 10.2. The van der Waals surface area contributed by atoms with Gasteiger partial charge in [-0.3, -0.25) is 14.2 Å². The largest absolute Gasteiger partial charge is 0.285 e. The third kappa shape index (κ3) is 2.59. The maximum Gasteiger partial charge on any atom is 0.229 e. The Kier molecular flexibility index (Phi) is 4.14. The van der Waals surface area contributed by atoms with Crippen LogP contribution in [0.2, 0.25) is 0 Å². The van der Waals surface area contributed by atoms with Crippen molar-refractivity contribution in [2.45, 2.75) is 46.7 Å².